The number of ether oxygens (including phenoxy) is 2. The summed E-state index contributed by atoms with van der Waals surface area (Å²) in [4.78, 5) is 4.25. The van der Waals surface area contributed by atoms with Crippen LogP contribution >= 0.6 is 0 Å². The highest BCUT2D eigenvalue weighted by atomic mass is 16.5. The molecule has 4 heteroatoms. The molecule has 4 nitrogen and oxygen atoms in total. The van der Waals surface area contributed by atoms with Gasteiger partial charge in [-0.1, -0.05) is 0 Å². The van der Waals surface area contributed by atoms with E-state index in [0.717, 1.165) is 22.6 Å². The van der Waals surface area contributed by atoms with Crippen molar-refractivity contribution in [3.8, 4) is 11.8 Å². The van der Waals surface area contributed by atoms with Crippen molar-refractivity contribution in [3.05, 3.63) is 23.0 Å². The summed E-state index contributed by atoms with van der Waals surface area (Å²) in [6.07, 6.45) is 2.92. The lowest BCUT2D eigenvalue weighted by atomic mass is 10.0. The molecule has 0 aromatic carbocycles. The fourth-order valence-electron chi connectivity index (χ4n) is 1.68. The fraction of sp³-hybridized carbons (Fsp3) is 0.500. The molecule has 0 aliphatic heterocycles. The predicted molar refractivity (Wildman–Crippen MR) is 60.2 cm³/mol. The van der Waals surface area contributed by atoms with E-state index in [1.807, 2.05) is 6.92 Å². The quantitative estimate of drug-likeness (QED) is 0.761. The molecule has 0 bridgehead atoms. The number of nitrogens with zero attached hydrogens (tertiary/aromatic N) is 2. The van der Waals surface area contributed by atoms with Gasteiger partial charge in [-0.05, 0) is 13.3 Å². The van der Waals surface area contributed by atoms with Gasteiger partial charge in [-0.2, -0.15) is 5.26 Å². The van der Waals surface area contributed by atoms with Gasteiger partial charge in [-0.3, -0.25) is 4.98 Å². The Morgan fingerprint density at radius 1 is 1.44 bits per heavy atom. The van der Waals surface area contributed by atoms with Gasteiger partial charge in [0, 0.05) is 30.9 Å². The maximum atomic E-state index is 8.64. The van der Waals surface area contributed by atoms with E-state index < -0.39 is 0 Å². The van der Waals surface area contributed by atoms with E-state index in [-0.39, 0.29) is 0 Å². The molecule has 1 aromatic rings. The second-order valence-corrected chi connectivity index (χ2v) is 3.47. The molecule has 0 aliphatic rings. The molecule has 0 atom stereocenters. The minimum Gasteiger partial charge on any atom is -0.495 e. The van der Waals surface area contributed by atoms with Crippen molar-refractivity contribution < 1.29 is 9.47 Å². The zero-order chi connectivity index (χ0) is 12.0. The van der Waals surface area contributed by atoms with E-state index in [4.69, 9.17) is 14.7 Å². The average Bonchev–Trinajstić information content (AvgIpc) is 2.29. The third-order valence-corrected chi connectivity index (χ3v) is 2.40. The van der Waals surface area contributed by atoms with Crippen LogP contribution in [0.3, 0.4) is 0 Å². The third kappa shape index (κ3) is 2.71. The van der Waals surface area contributed by atoms with E-state index in [2.05, 4.69) is 11.1 Å². The summed E-state index contributed by atoms with van der Waals surface area (Å²) >= 11 is 0. The Kier molecular flexibility index (Phi) is 4.74. The van der Waals surface area contributed by atoms with Crippen molar-refractivity contribution in [1.82, 2.24) is 4.98 Å². The van der Waals surface area contributed by atoms with Crippen LogP contribution in [0, 0.1) is 18.3 Å². The Morgan fingerprint density at radius 2 is 2.19 bits per heavy atom. The number of aryl methyl sites for hydroxylation is 1. The van der Waals surface area contributed by atoms with Crippen molar-refractivity contribution in [2.45, 2.75) is 26.4 Å². The molecule has 0 fully saturated rings. The Hall–Kier alpha value is -1.60. The molecular formula is C12H16N2O2. The minimum absolute atomic E-state index is 0.469. The van der Waals surface area contributed by atoms with Crippen LogP contribution in [0.15, 0.2) is 6.20 Å². The zero-order valence-electron chi connectivity index (χ0n) is 9.91. The highest BCUT2D eigenvalue weighted by Crippen LogP contribution is 2.26. The van der Waals surface area contributed by atoms with Gasteiger partial charge < -0.3 is 9.47 Å². The van der Waals surface area contributed by atoms with Crippen LogP contribution in [0.1, 0.15) is 23.2 Å². The second kappa shape index (κ2) is 6.09. The molecule has 1 heterocycles. The van der Waals surface area contributed by atoms with Crippen LogP contribution in [0.25, 0.3) is 0 Å². The van der Waals surface area contributed by atoms with Gasteiger partial charge in [0.2, 0.25) is 0 Å². The highest BCUT2D eigenvalue weighted by molar-refractivity contribution is 5.42. The van der Waals surface area contributed by atoms with Crippen LogP contribution in [0.2, 0.25) is 0 Å². The standard InChI is InChI=1S/C12H16N2O2/c1-9-12(16-3)11(5-4-6-13)10(7-14-9)8-15-2/h7H,4-5,8H2,1-3H3. The smallest absolute Gasteiger partial charge is 0.143 e. The molecule has 1 aromatic heterocycles. The number of aromatic nitrogens is 1. The van der Waals surface area contributed by atoms with Gasteiger partial charge in [0.25, 0.3) is 0 Å². The lowest BCUT2D eigenvalue weighted by Crippen LogP contribution is -2.03. The summed E-state index contributed by atoms with van der Waals surface area (Å²) in [7, 11) is 3.26. The predicted octanol–water partition coefficient (Wildman–Crippen LogP) is 2.00. The highest BCUT2D eigenvalue weighted by Gasteiger charge is 2.12. The second-order valence-electron chi connectivity index (χ2n) is 3.47. The first-order chi connectivity index (χ1) is 7.74. The fourth-order valence-corrected chi connectivity index (χ4v) is 1.68. The van der Waals surface area contributed by atoms with Crippen molar-refractivity contribution in [3.63, 3.8) is 0 Å². The largest absolute Gasteiger partial charge is 0.495 e. The van der Waals surface area contributed by atoms with E-state index in [1.165, 1.54) is 0 Å². The Bertz CT molecular complexity index is 397. The lowest BCUT2D eigenvalue weighted by Gasteiger charge is -2.14. The van der Waals surface area contributed by atoms with Gasteiger partial charge >= 0.3 is 0 Å². The van der Waals surface area contributed by atoms with E-state index in [1.54, 1.807) is 20.4 Å². The van der Waals surface area contributed by atoms with Gasteiger partial charge in [0.05, 0.1) is 25.5 Å². The summed E-state index contributed by atoms with van der Waals surface area (Å²) in [5.41, 5.74) is 2.86. The van der Waals surface area contributed by atoms with Crippen LogP contribution in [-0.2, 0) is 17.8 Å². The summed E-state index contributed by atoms with van der Waals surface area (Å²) in [6.45, 7) is 2.38. The maximum absolute atomic E-state index is 8.64. The van der Waals surface area contributed by atoms with Gasteiger partial charge in [-0.25, -0.2) is 0 Å². The summed E-state index contributed by atoms with van der Waals surface area (Å²) in [5.74, 6) is 0.768. The molecule has 0 N–H and O–H groups in total. The molecule has 0 saturated heterocycles. The van der Waals surface area contributed by atoms with E-state index >= 15 is 0 Å². The Balaban J connectivity index is 3.13. The van der Waals surface area contributed by atoms with Gasteiger partial charge in [0.15, 0.2) is 0 Å². The van der Waals surface area contributed by atoms with Crippen LogP contribution in [0.5, 0.6) is 5.75 Å². The summed E-state index contributed by atoms with van der Waals surface area (Å²) in [6, 6.07) is 2.14. The Morgan fingerprint density at radius 3 is 2.75 bits per heavy atom. The molecule has 0 radical (unpaired) electrons. The van der Waals surface area contributed by atoms with Crippen LogP contribution < -0.4 is 4.74 Å². The summed E-state index contributed by atoms with van der Waals surface area (Å²) < 4.78 is 10.4. The van der Waals surface area contributed by atoms with Gasteiger partial charge in [0.1, 0.15) is 5.75 Å². The van der Waals surface area contributed by atoms with E-state index in [0.29, 0.717) is 19.4 Å². The molecule has 0 aliphatic carbocycles. The molecule has 0 unspecified atom stereocenters. The number of pyridine rings is 1. The summed E-state index contributed by atoms with van der Waals surface area (Å²) in [5, 5.41) is 8.64. The number of hydrogen-bond donors (Lipinski definition) is 0. The maximum Gasteiger partial charge on any atom is 0.143 e. The van der Waals surface area contributed by atoms with Crippen LogP contribution in [-0.4, -0.2) is 19.2 Å². The van der Waals surface area contributed by atoms with E-state index in [9.17, 15) is 0 Å². The molecule has 1 rings (SSSR count). The molecule has 0 saturated carbocycles. The number of hydrogen-bond acceptors (Lipinski definition) is 4. The molecule has 86 valence electrons. The Labute approximate surface area is 95.8 Å². The van der Waals surface area contributed by atoms with Crippen molar-refractivity contribution in [1.29, 1.82) is 5.26 Å². The first-order valence-electron chi connectivity index (χ1n) is 5.11. The molecular weight excluding hydrogens is 204 g/mol. The third-order valence-electron chi connectivity index (χ3n) is 2.40. The first kappa shape index (κ1) is 12.5. The van der Waals surface area contributed by atoms with Gasteiger partial charge in [-0.15, -0.1) is 0 Å². The first-order valence-corrected chi connectivity index (χ1v) is 5.11. The van der Waals surface area contributed by atoms with Crippen molar-refractivity contribution >= 4 is 0 Å². The average molecular weight is 220 g/mol. The van der Waals surface area contributed by atoms with Crippen molar-refractivity contribution in [2.24, 2.45) is 0 Å². The number of methoxy groups -OCH3 is 2. The topological polar surface area (TPSA) is 55.1 Å². The lowest BCUT2D eigenvalue weighted by molar-refractivity contribution is 0.183. The van der Waals surface area contributed by atoms with Crippen molar-refractivity contribution in [2.75, 3.05) is 14.2 Å². The monoisotopic (exact) mass is 220 g/mol. The minimum atomic E-state index is 0.469. The normalized spacial score (nSPS) is 9.88. The number of nitriles is 1. The number of rotatable bonds is 5. The molecule has 16 heavy (non-hydrogen) atoms. The SMILES string of the molecule is COCc1cnc(C)c(OC)c1CCC#N. The zero-order valence-corrected chi connectivity index (χ0v) is 9.91. The molecule has 0 spiro atoms. The molecule has 0 amide bonds. The van der Waals surface area contributed by atoms with Crippen LogP contribution in [0.4, 0.5) is 0 Å².